The van der Waals surface area contributed by atoms with Gasteiger partial charge in [-0.1, -0.05) is 23.7 Å². The molecule has 5 heteroatoms. The van der Waals surface area contributed by atoms with Crippen LogP contribution in [0, 0.1) is 0 Å². The number of pyridine rings is 1. The van der Waals surface area contributed by atoms with Crippen molar-refractivity contribution < 1.29 is 0 Å². The number of fused-ring (bicyclic) bond motifs is 1. The fourth-order valence-corrected chi connectivity index (χ4v) is 3.91. The molecule has 112 valence electrons. The van der Waals surface area contributed by atoms with Gasteiger partial charge in [-0.2, -0.15) is 0 Å². The Morgan fingerprint density at radius 3 is 2.81 bits per heavy atom. The van der Waals surface area contributed by atoms with Crippen molar-refractivity contribution in [1.82, 2.24) is 10.3 Å². The molecule has 2 nitrogen and oxygen atoms in total. The normalized spacial score (nSPS) is 14.0. The van der Waals surface area contributed by atoms with Crippen molar-refractivity contribution in [2.45, 2.75) is 23.5 Å². The highest BCUT2D eigenvalue weighted by Crippen LogP contribution is 2.35. The van der Waals surface area contributed by atoms with E-state index in [1.807, 2.05) is 24.4 Å². The maximum atomic E-state index is 6.42. The van der Waals surface area contributed by atoms with Crippen molar-refractivity contribution in [3.63, 3.8) is 0 Å². The highest BCUT2D eigenvalue weighted by atomic mass is 35.5. The van der Waals surface area contributed by atoms with Crippen LogP contribution < -0.4 is 5.32 Å². The van der Waals surface area contributed by atoms with Gasteiger partial charge in [0.15, 0.2) is 0 Å². The van der Waals surface area contributed by atoms with Gasteiger partial charge in [0, 0.05) is 16.8 Å². The van der Waals surface area contributed by atoms with Crippen LogP contribution in [-0.2, 0) is 18.6 Å². The molecule has 1 aromatic heterocycles. The lowest BCUT2D eigenvalue weighted by molar-refractivity contribution is 0.709. The van der Waals surface area contributed by atoms with Crippen molar-refractivity contribution in [2.75, 3.05) is 13.1 Å². The molecule has 3 rings (SSSR count). The molecule has 0 unspecified atom stereocenters. The third kappa shape index (κ3) is 4.13. The molecule has 0 radical (unpaired) electrons. The Balaban J connectivity index is 0.00000161. The van der Waals surface area contributed by atoms with Gasteiger partial charge in [0.25, 0.3) is 0 Å². The van der Waals surface area contributed by atoms with E-state index in [4.69, 9.17) is 11.6 Å². The second-order valence-corrected chi connectivity index (χ2v) is 6.27. The Labute approximate surface area is 141 Å². The molecule has 21 heavy (non-hydrogen) atoms. The van der Waals surface area contributed by atoms with Crippen molar-refractivity contribution in [3.05, 3.63) is 58.4 Å². The highest BCUT2D eigenvalue weighted by Gasteiger charge is 2.15. The minimum Gasteiger partial charge on any atom is -0.316 e. The summed E-state index contributed by atoms with van der Waals surface area (Å²) in [6, 6.07) is 10.2. The number of hydrogen-bond donors (Lipinski definition) is 1. The molecule has 0 atom stereocenters. The Morgan fingerprint density at radius 1 is 1.14 bits per heavy atom. The molecule has 0 saturated carbocycles. The molecule has 0 saturated heterocycles. The molecule has 0 amide bonds. The summed E-state index contributed by atoms with van der Waals surface area (Å²) in [5.41, 5.74) is 3.95. The zero-order valence-electron chi connectivity index (χ0n) is 11.6. The number of thioether (sulfide) groups is 1. The van der Waals surface area contributed by atoms with Gasteiger partial charge in [-0.15, -0.1) is 24.2 Å². The van der Waals surface area contributed by atoms with E-state index in [0.29, 0.717) is 0 Å². The summed E-state index contributed by atoms with van der Waals surface area (Å²) in [6.45, 7) is 2.09. The number of halogens is 2. The number of hydrogen-bond acceptors (Lipinski definition) is 3. The van der Waals surface area contributed by atoms with Crippen LogP contribution in [0.25, 0.3) is 0 Å². The molecule has 0 fully saturated rings. The zero-order chi connectivity index (χ0) is 13.8. The van der Waals surface area contributed by atoms with Crippen molar-refractivity contribution in [3.8, 4) is 0 Å². The standard InChI is InChI=1S/C16H17ClN2S.ClH/c17-15-5-4-12-6-9-18-10-7-14(12)16(15)20-11-13-3-1-2-8-19-13;/h1-5,8,18H,6-7,9-11H2;1H. The van der Waals surface area contributed by atoms with E-state index in [1.54, 1.807) is 11.8 Å². The molecule has 1 N–H and O–H groups in total. The fraction of sp³-hybridized carbons (Fsp3) is 0.312. The largest absolute Gasteiger partial charge is 0.316 e. The second kappa shape index (κ2) is 8.04. The van der Waals surface area contributed by atoms with E-state index in [-0.39, 0.29) is 12.4 Å². The maximum Gasteiger partial charge on any atom is 0.0544 e. The lowest BCUT2D eigenvalue weighted by Crippen LogP contribution is -2.16. The summed E-state index contributed by atoms with van der Waals surface area (Å²) in [4.78, 5) is 5.61. The first-order valence-electron chi connectivity index (χ1n) is 6.88. The van der Waals surface area contributed by atoms with Gasteiger partial charge in [0.2, 0.25) is 0 Å². The first-order chi connectivity index (χ1) is 9.84. The van der Waals surface area contributed by atoms with E-state index in [1.165, 1.54) is 16.0 Å². The molecule has 0 bridgehead atoms. The molecule has 1 aliphatic heterocycles. The average molecular weight is 341 g/mol. The molecule has 1 aliphatic rings. The summed E-state index contributed by atoms with van der Waals surface area (Å²) in [7, 11) is 0. The van der Waals surface area contributed by atoms with Gasteiger partial charge in [-0.05, 0) is 55.3 Å². The summed E-state index contributed by atoms with van der Waals surface area (Å²) >= 11 is 8.22. The van der Waals surface area contributed by atoms with Crippen molar-refractivity contribution >= 4 is 35.8 Å². The van der Waals surface area contributed by atoms with Crippen LogP contribution >= 0.6 is 35.8 Å². The van der Waals surface area contributed by atoms with Gasteiger partial charge in [0.1, 0.15) is 0 Å². The molecule has 0 aliphatic carbocycles. The van der Waals surface area contributed by atoms with Gasteiger partial charge < -0.3 is 5.32 Å². The smallest absolute Gasteiger partial charge is 0.0544 e. The van der Waals surface area contributed by atoms with Gasteiger partial charge >= 0.3 is 0 Å². The Hall–Kier alpha value is -0.740. The molecular weight excluding hydrogens is 323 g/mol. The highest BCUT2D eigenvalue weighted by molar-refractivity contribution is 7.98. The van der Waals surface area contributed by atoms with Crippen LogP contribution in [-0.4, -0.2) is 18.1 Å². The maximum absolute atomic E-state index is 6.42. The minimum absolute atomic E-state index is 0. The van der Waals surface area contributed by atoms with Crippen LogP contribution in [0.3, 0.4) is 0 Å². The predicted molar refractivity (Wildman–Crippen MR) is 92.8 cm³/mol. The average Bonchev–Trinajstić information content (AvgIpc) is 2.73. The van der Waals surface area contributed by atoms with Crippen LogP contribution in [0.5, 0.6) is 0 Å². The first-order valence-corrected chi connectivity index (χ1v) is 8.24. The Morgan fingerprint density at radius 2 is 2.00 bits per heavy atom. The van der Waals surface area contributed by atoms with E-state index in [9.17, 15) is 0 Å². The Kier molecular flexibility index (Phi) is 6.37. The number of nitrogens with one attached hydrogen (secondary N) is 1. The fourth-order valence-electron chi connectivity index (χ4n) is 2.50. The van der Waals surface area contributed by atoms with Crippen molar-refractivity contribution in [2.24, 2.45) is 0 Å². The first kappa shape index (κ1) is 16.6. The molecule has 1 aromatic carbocycles. The van der Waals surface area contributed by atoms with Crippen LogP contribution in [0.1, 0.15) is 16.8 Å². The van der Waals surface area contributed by atoms with E-state index in [2.05, 4.69) is 22.4 Å². The summed E-state index contributed by atoms with van der Waals surface area (Å²) in [5.74, 6) is 0.866. The molecular formula is C16H18Cl2N2S. The minimum atomic E-state index is 0. The predicted octanol–water partition coefficient (Wildman–Crippen LogP) is 4.14. The van der Waals surface area contributed by atoms with Crippen LogP contribution in [0.4, 0.5) is 0 Å². The van der Waals surface area contributed by atoms with E-state index >= 15 is 0 Å². The lowest BCUT2D eigenvalue weighted by Gasteiger charge is -2.13. The summed E-state index contributed by atoms with van der Waals surface area (Å²) in [6.07, 6.45) is 3.98. The quantitative estimate of drug-likeness (QED) is 0.850. The van der Waals surface area contributed by atoms with Gasteiger partial charge in [0.05, 0.1) is 10.7 Å². The second-order valence-electron chi connectivity index (χ2n) is 4.87. The number of aromatic nitrogens is 1. The molecule has 2 heterocycles. The SMILES string of the molecule is Cl.Clc1ccc2c(c1SCc1ccccn1)CCNCC2. The Bertz CT molecular complexity index is 590. The summed E-state index contributed by atoms with van der Waals surface area (Å²) in [5, 5.41) is 4.32. The van der Waals surface area contributed by atoms with Crippen LogP contribution in [0.15, 0.2) is 41.4 Å². The van der Waals surface area contributed by atoms with E-state index < -0.39 is 0 Å². The summed E-state index contributed by atoms with van der Waals surface area (Å²) < 4.78 is 0. The van der Waals surface area contributed by atoms with E-state index in [0.717, 1.165) is 42.4 Å². The topological polar surface area (TPSA) is 24.9 Å². The number of benzene rings is 1. The van der Waals surface area contributed by atoms with Crippen molar-refractivity contribution in [1.29, 1.82) is 0 Å². The zero-order valence-corrected chi connectivity index (χ0v) is 14.0. The molecule has 0 spiro atoms. The third-order valence-electron chi connectivity index (χ3n) is 3.52. The monoisotopic (exact) mass is 340 g/mol. The van der Waals surface area contributed by atoms with Gasteiger partial charge in [-0.3, -0.25) is 4.98 Å². The third-order valence-corrected chi connectivity index (χ3v) is 5.15. The van der Waals surface area contributed by atoms with Crippen LogP contribution in [0.2, 0.25) is 5.02 Å². The molecule has 2 aromatic rings. The lowest BCUT2D eigenvalue weighted by atomic mass is 10.0. The number of nitrogens with zero attached hydrogens (tertiary/aromatic N) is 1. The van der Waals surface area contributed by atoms with Gasteiger partial charge in [-0.25, -0.2) is 0 Å². The number of rotatable bonds is 3.